The molecule has 1 aromatic rings. The normalized spacial score (nSPS) is 18.2. The highest BCUT2D eigenvalue weighted by Crippen LogP contribution is 2.27. The van der Waals surface area contributed by atoms with Crippen molar-refractivity contribution in [3.05, 3.63) is 47.5 Å². The Labute approximate surface area is 117 Å². The number of rotatable bonds is 5. The van der Waals surface area contributed by atoms with Crippen LogP contribution in [-0.4, -0.2) is 31.1 Å². The smallest absolute Gasteiger partial charge is 0.0386 e. The molecule has 0 bridgehead atoms. The third kappa shape index (κ3) is 3.92. The summed E-state index contributed by atoms with van der Waals surface area (Å²) in [6.07, 6.45) is 2.17. The van der Waals surface area contributed by atoms with Gasteiger partial charge in [-0.05, 0) is 30.9 Å². The number of nitrogens with one attached hydrogen (secondary N) is 1. The molecule has 1 aliphatic rings. The van der Waals surface area contributed by atoms with Crippen LogP contribution in [0.5, 0.6) is 0 Å². The average Bonchev–Trinajstić information content (AvgIpc) is 2.46. The lowest BCUT2D eigenvalue weighted by atomic mass is 9.96. The number of piperazine rings is 1. The Kier molecular flexibility index (Phi) is 5.17. The van der Waals surface area contributed by atoms with Gasteiger partial charge in [-0.25, -0.2) is 0 Å². The lowest BCUT2D eigenvalue weighted by molar-refractivity contribution is 0.172. The van der Waals surface area contributed by atoms with Gasteiger partial charge in [0.2, 0.25) is 0 Å². The van der Waals surface area contributed by atoms with Crippen LogP contribution in [-0.2, 0) is 6.42 Å². The van der Waals surface area contributed by atoms with Crippen molar-refractivity contribution in [1.82, 2.24) is 10.2 Å². The van der Waals surface area contributed by atoms with Gasteiger partial charge in [0, 0.05) is 32.2 Å². The van der Waals surface area contributed by atoms with Crippen LogP contribution in [0.2, 0.25) is 0 Å². The molecule has 0 aliphatic carbocycles. The summed E-state index contributed by atoms with van der Waals surface area (Å²) in [5, 5.41) is 3.43. The molecular weight excluding hydrogens is 232 g/mol. The minimum atomic E-state index is 0.491. The van der Waals surface area contributed by atoms with Gasteiger partial charge in [0.05, 0.1) is 0 Å². The number of benzene rings is 1. The summed E-state index contributed by atoms with van der Waals surface area (Å²) in [5.41, 5.74) is 4.11. The zero-order valence-corrected chi connectivity index (χ0v) is 12.3. The van der Waals surface area contributed by atoms with E-state index in [4.69, 9.17) is 0 Å². The van der Waals surface area contributed by atoms with Gasteiger partial charge < -0.3 is 5.32 Å². The minimum Gasteiger partial charge on any atom is -0.314 e. The van der Waals surface area contributed by atoms with Crippen LogP contribution in [0.1, 0.15) is 37.4 Å². The summed E-state index contributed by atoms with van der Waals surface area (Å²) < 4.78 is 0. The molecule has 2 heteroatoms. The molecule has 0 unspecified atom stereocenters. The van der Waals surface area contributed by atoms with E-state index in [2.05, 4.69) is 54.9 Å². The van der Waals surface area contributed by atoms with Crippen molar-refractivity contribution >= 4 is 0 Å². The Balaban J connectivity index is 2.17. The summed E-state index contributed by atoms with van der Waals surface area (Å²) >= 11 is 0. The van der Waals surface area contributed by atoms with Gasteiger partial charge in [0.1, 0.15) is 0 Å². The van der Waals surface area contributed by atoms with Crippen molar-refractivity contribution in [2.24, 2.45) is 0 Å². The van der Waals surface area contributed by atoms with Crippen molar-refractivity contribution in [3.63, 3.8) is 0 Å². The van der Waals surface area contributed by atoms with Gasteiger partial charge in [-0.1, -0.05) is 36.8 Å². The highest BCUT2D eigenvalue weighted by Gasteiger charge is 2.21. The fraction of sp³-hybridized carbons (Fsp3) is 0.529. The zero-order valence-electron chi connectivity index (χ0n) is 12.3. The largest absolute Gasteiger partial charge is 0.314 e. The standard InChI is InChI=1S/C17H26N2/c1-4-15-5-7-16(8-6-15)17(13-14(2)3)19-11-9-18-10-12-19/h5-8,17-18H,2,4,9-13H2,1,3H3/t17-/m1/s1. The van der Waals surface area contributed by atoms with Crippen molar-refractivity contribution in [3.8, 4) is 0 Å². The lowest BCUT2D eigenvalue weighted by Gasteiger charge is -2.35. The monoisotopic (exact) mass is 258 g/mol. The zero-order chi connectivity index (χ0) is 13.7. The molecule has 104 valence electrons. The first-order chi connectivity index (χ1) is 9.20. The van der Waals surface area contributed by atoms with Crippen LogP contribution in [0.3, 0.4) is 0 Å². The van der Waals surface area contributed by atoms with E-state index in [1.165, 1.54) is 16.7 Å². The summed E-state index contributed by atoms with van der Waals surface area (Å²) in [7, 11) is 0. The van der Waals surface area contributed by atoms with Gasteiger partial charge >= 0.3 is 0 Å². The molecule has 1 aromatic carbocycles. The molecule has 1 N–H and O–H groups in total. The van der Waals surface area contributed by atoms with E-state index < -0.39 is 0 Å². The first-order valence-corrected chi connectivity index (χ1v) is 7.38. The van der Waals surface area contributed by atoms with Crippen LogP contribution in [0.15, 0.2) is 36.4 Å². The predicted octanol–water partition coefficient (Wildman–Crippen LogP) is 3.16. The van der Waals surface area contributed by atoms with Crippen LogP contribution >= 0.6 is 0 Å². The van der Waals surface area contributed by atoms with Crippen molar-refractivity contribution in [2.75, 3.05) is 26.2 Å². The first kappa shape index (κ1) is 14.3. The van der Waals surface area contributed by atoms with Gasteiger partial charge in [-0.3, -0.25) is 4.90 Å². The van der Waals surface area contributed by atoms with Crippen LogP contribution in [0.4, 0.5) is 0 Å². The SMILES string of the molecule is C=C(C)C[C@H](c1ccc(CC)cc1)N1CCNCC1. The maximum atomic E-state index is 4.11. The molecule has 1 heterocycles. The molecule has 0 radical (unpaired) electrons. The second-order valence-corrected chi connectivity index (χ2v) is 5.56. The van der Waals surface area contributed by atoms with Gasteiger partial charge in [0.25, 0.3) is 0 Å². The van der Waals surface area contributed by atoms with Crippen LogP contribution in [0.25, 0.3) is 0 Å². The summed E-state index contributed by atoms with van der Waals surface area (Å²) in [6, 6.07) is 9.62. The highest BCUT2D eigenvalue weighted by atomic mass is 15.2. The Bertz CT molecular complexity index is 402. The Morgan fingerprint density at radius 3 is 2.42 bits per heavy atom. The second kappa shape index (κ2) is 6.88. The quantitative estimate of drug-likeness (QED) is 0.816. The summed E-state index contributed by atoms with van der Waals surface area (Å²) in [5.74, 6) is 0. The minimum absolute atomic E-state index is 0.491. The third-order valence-electron chi connectivity index (χ3n) is 3.91. The van der Waals surface area contributed by atoms with Gasteiger partial charge in [0.15, 0.2) is 0 Å². The second-order valence-electron chi connectivity index (χ2n) is 5.56. The molecule has 1 fully saturated rings. The fourth-order valence-corrected chi connectivity index (χ4v) is 2.76. The van der Waals surface area contributed by atoms with E-state index in [0.29, 0.717) is 6.04 Å². The Morgan fingerprint density at radius 1 is 1.26 bits per heavy atom. The molecule has 1 aliphatic heterocycles. The van der Waals surface area contributed by atoms with Gasteiger partial charge in [-0.15, -0.1) is 6.58 Å². The molecule has 1 saturated heterocycles. The molecule has 1 atom stereocenters. The van der Waals surface area contributed by atoms with Crippen molar-refractivity contribution < 1.29 is 0 Å². The van der Waals surface area contributed by atoms with Crippen molar-refractivity contribution in [1.29, 1.82) is 0 Å². The van der Waals surface area contributed by atoms with Crippen molar-refractivity contribution in [2.45, 2.75) is 32.7 Å². The fourth-order valence-electron chi connectivity index (χ4n) is 2.76. The summed E-state index contributed by atoms with van der Waals surface area (Å²) in [6.45, 7) is 12.9. The predicted molar refractivity (Wildman–Crippen MR) is 82.4 cm³/mol. The molecule has 0 amide bonds. The van der Waals surface area contributed by atoms with E-state index in [1.807, 2.05) is 0 Å². The van der Waals surface area contributed by atoms with Crippen LogP contribution in [0, 0.1) is 0 Å². The van der Waals surface area contributed by atoms with E-state index >= 15 is 0 Å². The van der Waals surface area contributed by atoms with E-state index in [1.54, 1.807) is 0 Å². The molecular formula is C17H26N2. The molecule has 0 saturated carbocycles. The number of nitrogens with zero attached hydrogens (tertiary/aromatic N) is 1. The summed E-state index contributed by atoms with van der Waals surface area (Å²) in [4.78, 5) is 2.59. The average molecular weight is 258 g/mol. The molecule has 0 spiro atoms. The molecule has 19 heavy (non-hydrogen) atoms. The topological polar surface area (TPSA) is 15.3 Å². The highest BCUT2D eigenvalue weighted by molar-refractivity contribution is 5.26. The first-order valence-electron chi connectivity index (χ1n) is 7.38. The van der Waals surface area contributed by atoms with Gasteiger partial charge in [-0.2, -0.15) is 0 Å². The lowest BCUT2D eigenvalue weighted by Crippen LogP contribution is -2.45. The van der Waals surface area contributed by atoms with E-state index in [9.17, 15) is 0 Å². The number of aryl methyl sites for hydroxylation is 1. The molecule has 2 rings (SSSR count). The molecule has 2 nitrogen and oxygen atoms in total. The maximum absolute atomic E-state index is 4.11. The molecule has 0 aromatic heterocycles. The number of hydrogen-bond donors (Lipinski definition) is 1. The van der Waals surface area contributed by atoms with E-state index in [-0.39, 0.29) is 0 Å². The van der Waals surface area contributed by atoms with Crippen LogP contribution < -0.4 is 5.32 Å². The maximum Gasteiger partial charge on any atom is 0.0386 e. The van der Waals surface area contributed by atoms with E-state index in [0.717, 1.165) is 39.0 Å². The third-order valence-corrected chi connectivity index (χ3v) is 3.91. The Hall–Kier alpha value is -1.12. The Morgan fingerprint density at radius 2 is 1.89 bits per heavy atom. The number of hydrogen-bond acceptors (Lipinski definition) is 2.